The van der Waals surface area contributed by atoms with Gasteiger partial charge in [0.15, 0.2) is 0 Å². The van der Waals surface area contributed by atoms with Gasteiger partial charge in [0.05, 0.1) is 6.04 Å². The van der Waals surface area contributed by atoms with E-state index in [1.165, 1.54) is 16.6 Å². The average molecular weight is 229 g/mol. The first kappa shape index (κ1) is 10.4. The van der Waals surface area contributed by atoms with Crippen LogP contribution >= 0.6 is 0 Å². The lowest BCUT2D eigenvalue weighted by atomic mass is 9.98. The molecule has 1 aromatic carbocycles. The van der Waals surface area contributed by atoms with Gasteiger partial charge in [0, 0.05) is 30.2 Å². The molecule has 1 aliphatic rings. The van der Waals surface area contributed by atoms with Gasteiger partial charge in [-0.25, -0.2) is 0 Å². The fourth-order valence-corrected chi connectivity index (χ4v) is 2.50. The number of hydrogen-bond donors (Lipinski definition) is 3. The fraction of sp³-hybridized carbons (Fsp3) is 0.308. The van der Waals surface area contributed by atoms with Crippen molar-refractivity contribution in [1.82, 2.24) is 15.6 Å². The van der Waals surface area contributed by atoms with Gasteiger partial charge in [0.1, 0.15) is 0 Å². The van der Waals surface area contributed by atoms with Crippen molar-refractivity contribution in [2.45, 2.75) is 19.0 Å². The molecule has 3 N–H and O–H groups in total. The second-order valence-electron chi connectivity index (χ2n) is 4.38. The van der Waals surface area contributed by atoms with Crippen LogP contribution in [-0.4, -0.2) is 24.0 Å². The van der Waals surface area contributed by atoms with Crippen LogP contribution in [0.3, 0.4) is 0 Å². The Balaban J connectivity index is 2.03. The lowest BCUT2D eigenvalue weighted by Gasteiger charge is -2.22. The highest BCUT2D eigenvalue weighted by atomic mass is 16.2. The molecule has 3 rings (SSSR count). The molecule has 88 valence electrons. The summed E-state index contributed by atoms with van der Waals surface area (Å²) < 4.78 is 0. The first-order valence-corrected chi connectivity index (χ1v) is 5.83. The standard InChI is InChI=1S/C13H15N3O/c1-14-13(17)11-6-9-8-4-2-3-5-10(8)16-12(9)7-15-11/h2-5,11,15-16H,6-7H2,1H3,(H,14,17). The minimum atomic E-state index is -0.119. The molecule has 1 atom stereocenters. The molecule has 17 heavy (non-hydrogen) atoms. The van der Waals surface area contributed by atoms with Crippen LogP contribution in [0.1, 0.15) is 11.3 Å². The van der Waals surface area contributed by atoms with Gasteiger partial charge >= 0.3 is 0 Å². The van der Waals surface area contributed by atoms with Crippen LogP contribution in [0.5, 0.6) is 0 Å². The predicted octanol–water partition coefficient (Wildman–Crippen LogP) is 0.928. The van der Waals surface area contributed by atoms with Crippen molar-refractivity contribution in [1.29, 1.82) is 0 Å². The van der Waals surface area contributed by atoms with Gasteiger partial charge in [-0.2, -0.15) is 0 Å². The third-order valence-corrected chi connectivity index (χ3v) is 3.40. The average Bonchev–Trinajstić information content (AvgIpc) is 2.75. The third kappa shape index (κ3) is 1.61. The number of hydrogen-bond acceptors (Lipinski definition) is 2. The summed E-state index contributed by atoms with van der Waals surface area (Å²) in [6.07, 6.45) is 0.749. The lowest BCUT2D eigenvalue weighted by Crippen LogP contribution is -2.46. The Bertz CT molecular complexity index is 573. The van der Waals surface area contributed by atoms with E-state index in [0.717, 1.165) is 18.5 Å². The predicted molar refractivity (Wildman–Crippen MR) is 66.7 cm³/mol. The van der Waals surface area contributed by atoms with Crippen LogP contribution < -0.4 is 10.6 Å². The minimum absolute atomic E-state index is 0.0564. The highest BCUT2D eigenvalue weighted by molar-refractivity contribution is 5.87. The van der Waals surface area contributed by atoms with Crippen LogP contribution in [0.2, 0.25) is 0 Å². The molecule has 4 heteroatoms. The van der Waals surface area contributed by atoms with Gasteiger partial charge in [0.2, 0.25) is 5.91 Å². The summed E-state index contributed by atoms with van der Waals surface area (Å²) in [6.45, 7) is 0.724. The molecule has 1 aromatic heterocycles. The van der Waals surface area contributed by atoms with Crippen molar-refractivity contribution < 1.29 is 4.79 Å². The maximum Gasteiger partial charge on any atom is 0.237 e. The van der Waals surface area contributed by atoms with E-state index in [0.29, 0.717) is 0 Å². The Morgan fingerprint density at radius 1 is 1.41 bits per heavy atom. The second-order valence-corrected chi connectivity index (χ2v) is 4.38. The number of rotatable bonds is 1. The summed E-state index contributed by atoms with van der Waals surface area (Å²) in [4.78, 5) is 15.1. The topological polar surface area (TPSA) is 56.9 Å². The molecule has 1 aliphatic heterocycles. The van der Waals surface area contributed by atoms with Crippen LogP contribution in [-0.2, 0) is 17.8 Å². The molecule has 0 radical (unpaired) electrons. The molecule has 0 aliphatic carbocycles. The van der Waals surface area contributed by atoms with Crippen molar-refractivity contribution in [2.24, 2.45) is 0 Å². The number of para-hydroxylation sites is 1. The van der Waals surface area contributed by atoms with Gasteiger partial charge < -0.3 is 10.3 Å². The number of H-pyrrole nitrogens is 1. The normalized spacial score (nSPS) is 19.0. The van der Waals surface area contributed by atoms with Gasteiger partial charge in [-0.15, -0.1) is 0 Å². The molecular weight excluding hydrogens is 214 g/mol. The zero-order valence-electron chi connectivity index (χ0n) is 9.71. The first-order valence-electron chi connectivity index (χ1n) is 5.83. The van der Waals surface area contributed by atoms with E-state index in [1.54, 1.807) is 7.05 Å². The number of benzene rings is 1. The summed E-state index contributed by atoms with van der Waals surface area (Å²) >= 11 is 0. The van der Waals surface area contributed by atoms with E-state index < -0.39 is 0 Å². The van der Waals surface area contributed by atoms with Crippen molar-refractivity contribution >= 4 is 16.8 Å². The third-order valence-electron chi connectivity index (χ3n) is 3.40. The number of carbonyl (C=O) groups excluding carboxylic acids is 1. The number of amides is 1. The summed E-state index contributed by atoms with van der Waals surface area (Å²) in [5, 5.41) is 7.17. The summed E-state index contributed by atoms with van der Waals surface area (Å²) in [7, 11) is 1.68. The Morgan fingerprint density at radius 3 is 3.06 bits per heavy atom. The number of fused-ring (bicyclic) bond motifs is 3. The van der Waals surface area contributed by atoms with E-state index in [4.69, 9.17) is 0 Å². The summed E-state index contributed by atoms with van der Waals surface area (Å²) in [5.41, 5.74) is 3.62. The SMILES string of the molecule is CNC(=O)C1Cc2c([nH]c3ccccc23)CN1. The van der Waals surface area contributed by atoms with Gasteiger partial charge in [-0.3, -0.25) is 10.1 Å². The quantitative estimate of drug-likeness (QED) is 0.681. The van der Waals surface area contributed by atoms with E-state index in [2.05, 4.69) is 27.8 Å². The Hall–Kier alpha value is -1.81. The van der Waals surface area contributed by atoms with Crippen LogP contribution in [0.15, 0.2) is 24.3 Å². The lowest BCUT2D eigenvalue weighted by molar-refractivity contribution is -0.122. The monoisotopic (exact) mass is 229 g/mol. The number of carbonyl (C=O) groups is 1. The summed E-state index contributed by atoms with van der Waals surface area (Å²) in [6, 6.07) is 8.12. The van der Waals surface area contributed by atoms with E-state index >= 15 is 0 Å². The smallest absolute Gasteiger partial charge is 0.237 e. The maximum absolute atomic E-state index is 11.7. The fourth-order valence-electron chi connectivity index (χ4n) is 2.50. The molecule has 0 spiro atoms. The van der Waals surface area contributed by atoms with E-state index in [9.17, 15) is 4.79 Å². The number of nitrogens with one attached hydrogen (secondary N) is 3. The van der Waals surface area contributed by atoms with Crippen LogP contribution in [0, 0.1) is 0 Å². The molecule has 2 heterocycles. The second kappa shape index (κ2) is 3.89. The Morgan fingerprint density at radius 2 is 2.24 bits per heavy atom. The van der Waals surface area contributed by atoms with Gasteiger partial charge in [-0.05, 0) is 18.1 Å². The maximum atomic E-state index is 11.7. The van der Waals surface area contributed by atoms with Gasteiger partial charge in [0.25, 0.3) is 0 Å². The van der Waals surface area contributed by atoms with Gasteiger partial charge in [-0.1, -0.05) is 18.2 Å². The van der Waals surface area contributed by atoms with Crippen molar-refractivity contribution in [3.63, 3.8) is 0 Å². The Kier molecular flexibility index (Phi) is 2.37. The molecule has 4 nitrogen and oxygen atoms in total. The molecule has 1 unspecified atom stereocenters. The van der Waals surface area contributed by atoms with E-state index in [1.807, 2.05) is 12.1 Å². The minimum Gasteiger partial charge on any atom is -0.358 e. The highest BCUT2D eigenvalue weighted by Gasteiger charge is 2.25. The number of likely N-dealkylation sites (N-methyl/N-ethyl adjacent to an activating group) is 1. The molecule has 2 aromatic rings. The van der Waals surface area contributed by atoms with E-state index in [-0.39, 0.29) is 11.9 Å². The molecule has 1 amide bonds. The first-order chi connectivity index (χ1) is 8.29. The molecular formula is C13H15N3O. The molecule has 0 saturated carbocycles. The van der Waals surface area contributed by atoms with Crippen LogP contribution in [0.4, 0.5) is 0 Å². The highest BCUT2D eigenvalue weighted by Crippen LogP contribution is 2.26. The largest absolute Gasteiger partial charge is 0.358 e. The molecule has 0 bridgehead atoms. The van der Waals surface area contributed by atoms with Crippen molar-refractivity contribution in [2.75, 3.05) is 7.05 Å². The van der Waals surface area contributed by atoms with Crippen molar-refractivity contribution in [3.8, 4) is 0 Å². The molecule has 0 fully saturated rings. The Labute approximate surface area is 99.4 Å². The zero-order chi connectivity index (χ0) is 11.8. The zero-order valence-corrected chi connectivity index (χ0v) is 9.71. The van der Waals surface area contributed by atoms with Crippen molar-refractivity contribution in [3.05, 3.63) is 35.5 Å². The summed E-state index contributed by atoms with van der Waals surface area (Å²) in [5.74, 6) is 0.0564. The molecule has 0 saturated heterocycles. The number of aromatic nitrogens is 1. The van der Waals surface area contributed by atoms with Crippen LogP contribution in [0.25, 0.3) is 10.9 Å². The number of aromatic amines is 1.